The van der Waals surface area contributed by atoms with E-state index in [-0.39, 0.29) is 5.69 Å². The van der Waals surface area contributed by atoms with Crippen LogP contribution < -0.4 is 10.6 Å². The molecule has 1 aliphatic heterocycles. The average molecular weight is 277 g/mol. The lowest BCUT2D eigenvalue weighted by molar-refractivity contribution is -0.148. The summed E-state index contributed by atoms with van der Waals surface area (Å²) >= 11 is 0. The van der Waals surface area contributed by atoms with Crippen molar-refractivity contribution >= 4 is 17.7 Å². The molecular weight excluding hydrogens is 258 g/mol. The molecule has 2 rings (SSSR count). The smallest absolute Gasteiger partial charge is 0.311 e. The number of nitrogens with zero attached hydrogens (tertiary/aromatic N) is 2. The first-order valence-corrected chi connectivity index (χ1v) is 6.74. The minimum absolute atomic E-state index is 0.200. The molecule has 3 N–H and O–H groups in total. The molecule has 0 radical (unpaired) electrons. The summed E-state index contributed by atoms with van der Waals surface area (Å²) < 4.78 is 0. The van der Waals surface area contributed by atoms with Gasteiger partial charge in [-0.05, 0) is 25.0 Å². The maximum absolute atomic E-state index is 11.5. The van der Waals surface area contributed by atoms with Crippen LogP contribution in [0.4, 0.5) is 5.82 Å². The topological polar surface area (TPSA) is 96.5 Å². The van der Waals surface area contributed by atoms with Crippen molar-refractivity contribution in [3.8, 4) is 0 Å². The molecule has 6 heteroatoms. The van der Waals surface area contributed by atoms with Crippen LogP contribution in [0.3, 0.4) is 0 Å². The zero-order chi connectivity index (χ0) is 14.8. The summed E-state index contributed by atoms with van der Waals surface area (Å²) in [6.45, 7) is 3.03. The molecule has 1 saturated heterocycles. The van der Waals surface area contributed by atoms with Gasteiger partial charge in [0.15, 0.2) is 0 Å². The third kappa shape index (κ3) is 2.59. The van der Waals surface area contributed by atoms with Gasteiger partial charge in [-0.2, -0.15) is 0 Å². The summed E-state index contributed by atoms with van der Waals surface area (Å²) in [6.07, 6.45) is 2.07. The summed E-state index contributed by atoms with van der Waals surface area (Å²) in [5.74, 6) is -0.725. The van der Waals surface area contributed by atoms with E-state index in [1.165, 1.54) is 0 Å². The van der Waals surface area contributed by atoms with Gasteiger partial charge in [0, 0.05) is 13.1 Å². The summed E-state index contributed by atoms with van der Waals surface area (Å²) in [5.41, 5.74) is 4.71. The quantitative estimate of drug-likeness (QED) is 0.844. The van der Waals surface area contributed by atoms with E-state index in [1.54, 1.807) is 18.2 Å². The van der Waals surface area contributed by atoms with Gasteiger partial charge in [-0.15, -0.1) is 0 Å². The summed E-state index contributed by atoms with van der Waals surface area (Å²) in [6, 6.07) is 5.04. The average Bonchev–Trinajstić information content (AvgIpc) is 2.85. The van der Waals surface area contributed by atoms with Crippen molar-refractivity contribution in [2.24, 2.45) is 11.1 Å². The van der Waals surface area contributed by atoms with Gasteiger partial charge in [-0.25, -0.2) is 4.98 Å². The Bertz CT molecular complexity index is 532. The minimum atomic E-state index is -0.757. The second-order valence-corrected chi connectivity index (χ2v) is 5.25. The first-order chi connectivity index (χ1) is 9.48. The molecule has 6 nitrogen and oxygen atoms in total. The standard InChI is InChI=1S/C14H19N3O3/c1-2-6-14(13(19)20)7-8-17(9-14)11-5-3-4-10(16-11)12(15)18/h3-5H,2,6-9H2,1H3,(H2,15,18)(H,19,20). The number of anilines is 1. The zero-order valence-electron chi connectivity index (χ0n) is 11.5. The molecule has 0 aliphatic carbocycles. The second kappa shape index (κ2) is 5.48. The second-order valence-electron chi connectivity index (χ2n) is 5.25. The Morgan fingerprint density at radius 1 is 1.50 bits per heavy atom. The number of amides is 1. The van der Waals surface area contributed by atoms with E-state index in [2.05, 4.69) is 4.98 Å². The summed E-state index contributed by atoms with van der Waals surface area (Å²) in [7, 11) is 0. The van der Waals surface area contributed by atoms with Crippen LogP contribution in [0.1, 0.15) is 36.7 Å². The molecule has 1 aromatic rings. The van der Waals surface area contributed by atoms with Gasteiger partial charge in [0.2, 0.25) is 0 Å². The molecule has 1 amide bonds. The number of carbonyl (C=O) groups is 2. The third-order valence-corrected chi connectivity index (χ3v) is 3.85. The fourth-order valence-electron chi connectivity index (χ4n) is 2.77. The molecular formula is C14H19N3O3. The van der Waals surface area contributed by atoms with Crippen molar-refractivity contribution in [2.45, 2.75) is 26.2 Å². The van der Waals surface area contributed by atoms with Crippen LogP contribution in [-0.2, 0) is 4.79 Å². The number of aliphatic carboxylic acids is 1. The van der Waals surface area contributed by atoms with Crippen LogP contribution in [0, 0.1) is 5.41 Å². The number of aromatic nitrogens is 1. The Kier molecular flexibility index (Phi) is 3.92. The Balaban J connectivity index is 2.22. The van der Waals surface area contributed by atoms with Gasteiger partial charge in [0.1, 0.15) is 11.5 Å². The van der Waals surface area contributed by atoms with Crippen molar-refractivity contribution in [2.75, 3.05) is 18.0 Å². The van der Waals surface area contributed by atoms with Crippen molar-refractivity contribution in [1.82, 2.24) is 4.98 Å². The van der Waals surface area contributed by atoms with Gasteiger partial charge < -0.3 is 15.7 Å². The number of pyridine rings is 1. The van der Waals surface area contributed by atoms with Crippen molar-refractivity contribution in [3.05, 3.63) is 23.9 Å². The SMILES string of the molecule is CCCC1(C(=O)O)CCN(c2cccc(C(N)=O)n2)C1. The fourth-order valence-corrected chi connectivity index (χ4v) is 2.77. The first kappa shape index (κ1) is 14.3. The Hall–Kier alpha value is -2.11. The lowest BCUT2D eigenvalue weighted by atomic mass is 9.83. The number of rotatable bonds is 5. The fraction of sp³-hybridized carbons (Fsp3) is 0.500. The first-order valence-electron chi connectivity index (χ1n) is 6.74. The molecule has 0 spiro atoms. The highest BCUT2D eigenvalue weighted by Crippen LogP contribution is 2.37. The molecule has 108 valence electrons. The van der Waals surface area contributed by atoms with E-state index in [0.29, 0.717) is 31.7 Å². The van der Waals surface area contributed by atoms with Crippen LogP contribution >= 0.6 is 0 Å². The van der Waals surface area contributed by atoms with Gasteiger partial charge in [-0.1, -0.05) is 19.4 Å². The van der Waals surface area contributed by atoms with Crippen LogP contribution in [0.25, 0.3) is 0 Å². The van der Waals surface area contributed by atoms with Gasteiger partial charge in [-0.3, -0.25) is 9.59 Å². The largest absolute Gasteiger partial charge is 0.481 e. The van der Waals surface area contributed by atoms with Crippen molar-refractivity contribution in [3.63, 3.8) is 0 Å². The van der Waals surface area contributed by atoms with E-state index >= 15 is 0 Å². The normalized spacial score (nSPS) is 21.9. The maximum Gasteiger partial charge on any atom is 0.311 e. The lowest BCUT2D eigenvalue weighted by Gasteiger charge is -2.24. The van der Waals surface area contributed by atoms with Crippen molar-refractivity contribution < 1.29 is 14.7 Å². The molecule has 1 fully saturated rings. The molecule has 2 heterocycles. The molecule has 0 saturated carbocycles. The zero-order valence-corrected chi connectivity index (χ0v) is 11.5. The highest BCUT2D eigenvalue weighted by atomic mass is 16.4. The van der Waals surface area contributed by atoms with E-state index in [0.717, 1.165) is 6.42 Å². The number of hydrogen-bond acceptors (Lipinski definition) is 4. The highest BCUT2D eigenvalue weighted by Gasteiger charge is 2.44. The maximum atomic E-state index is 11.5. The number of primary amides is 1. The van der Waals surface area contributed by atoms with Gasteiger partial charge >= 0.3 is 5.97 Å². The van der Waals surface area contributed by atoms with Crippen LogP contribution in [0.15, 0.2) is 18.2 Å². The molecule has 20 heavy (non-hydrogen) atoms. The molecule has 1 aliphatic rings. The van der Waals surface area contributed by atoms with Gasteiger partial charge in [0.25, 0.3) is 5.91 Å². The number of carboxylic acid groups (broad SMARTS) is 1. The van der Waals surface area contributed by atoms with Gasteiger partial charge in [0.05, 0.1) is 5.41 Å². The third-order valence-electron chi connectivity index (χ3n) is 3.85. The van der Waals surface area contributed by atoms with E-state index in [9.17, 15) is 14.7 Å². The molecule has 0 bridgehead atoms. The van der Waals surface area contributed by atoms with Crippen LogP contribution in [0.2, 0.25) is 0 Å². The molecule has 0 aromatic carbocycles. The molecule has 1 unspecified atom stereocenters. The van der Waals surface area contributed by atoms with E-state index in [1.807, 2.05) is 11.8 Å². The Morgan fingerprint density at radius 3 is 2.85 bits per heavy atom. The molecule has 1 atom stereocenters. The summed E-state index contributed by atoms with van der Waals surface area (Å²) in [5, 5.41) is 9.48. The van der Waals surface area contributed by atoms with Crippen LogP contribution in [-0.4, -0.2) is 35.1 Å². The number of hydrogen-bond donors (Lipinski definition) is 2. The highest BCUT2D eigenvalue weighted by molar-refractivity contribution is 5.91. The Labute approximate surface area is 117 Å². The van der Waals surface area contributed by atoms with Crippen molar-refractivity contribution in [1.29, 1.82) is 0 Å². The predicted octanol–water partition coefficient (Wildman–Crippen LogP) is 1.26. The number of nitrogens with two attached hydrogens (primary N) is 1. The van der Waals surface area contributed by atoms with E-state index < -0.39 is 17.3 Å². The number of carboxylic acids is 1. The predicted molar refractivity (Wildman–Crippen MR) is 74.6 cm³/mol. The number of carbonyl (C=O) groups excluding carboxylic acids is 1. The monoisotopic (exact) mass is 277 g/mol. The van der Waals surface area contributed by atoms with Crippen LogP contribution in [0.5, 0.6) is 0 Å². The minimum Gasteiger partial charge on any atom is -0.481 e. The molecule has 1 aromatic heterocycles. The lowest BCUT2D eigenvalue weighted by Crippen LogP contribution is -2.35. The summed E-state index contributed by atoms with van der Waals surface area (Å²) in [4.78, 5) is 28.8. The Morgan fingerprint density at radius 2 is 2.25 bits per heavy atom. The van der Waals surface area contributed by atoms with E-state index in [4.69, 9.17) is 5.73 Å².